The molecular weight excluding hydrogens is 300 g/mol. The van der Waals surface area contributed by atoms with Crippen molar-refractivity contribution in [1.82, 2.24) is 0 Å². The minimum Gasteiger partial charge on any atom is -0.0955 e. The first-order valence-corrected chi connectivity index (χ1v) is 8.25. The Morgan fingerprint density at radius 3 is 2.16 bits per heavy atom. The zero-order valence-corrected chi connectivity index (χ0v) is 14.1. The smallest absolute Gasteiger partial charge is 0.00316 e. The highest BCUT2D eigenvalue weighted by molar-refractivity contribution is 5.99. The van der Waals surface area contributed by atoms with Gasteiger partial charge in [-0.3, -0.25) is 0 Å². The second-order valence-corrected chi connectivity index (χ2v) is 6.08. The minimum atomic E-state index is 0. The van der Waals surface area contributed by atoms with Crippen LogP contribution in [-0.4, -0.2) is 0 Å². The molecule has 0 radical (unpaired) electrons. The maximum atomic E-state index is 4.25. The number of benzene rings is 3. The summed E-state index contributed by atoms with van der Waals surface area (Å²) in [4.78, 5) is 0. The van der Waals surface area contributed by atoms with Crippen molar-refractivity contribution >= 4 is 27.1 Å². The van der Waals surface area contributed by atoms with E-state index in [9.17, 15) is 0 Å². The van der Waals surface area contributed by atoms with Gasteiger partial charge in [-0.25, -0.2) is 0 Å². The lowest BCUT2D eigenvalue weighted by molar-refractivity contribution is 1.32. The molecule has 0 heteroatoms. The quantitative estimate of drug-likeness (QED) is 0.332. The van der Waals surface area contributed by atoms with Crippen molar-refractivity contribution in [2.24, 2.45) is 0 Å². The third kappa shape index (κ3) is 4.36. The highest BCUT2D eigenvalue weighted by Crippen LogP contribution is 2.27. The molecule has 0 aromatic heterocycles. The van der Waals surface area contributed by atoms with Gasteiger partial charge in [-0.05, 0) is 64.2 Å². The molecule has 126 valence electrons. The Morgan fingerprint density at radius 2 is 1.48 bits per heavy atom. The first-order valence-electron chi connectivity index (χ1n) is 8.25. The molecule has 3 rings (SSSR count). The van der Waals surface area contributed by atoms with E-state index >= 15 is 0 Å². The molecule has 0 saturated carbocycles. The summed E-state index contributed by atoms with van der Waals surface area (Å²) in [6.45, 7) is 10.4. The summed E-state index contributed by atoms with van der Waals surface area (Å²) < 4.78 is 0. The number of hydrogen-bond acceptors (Lipinski definition) is 0. The van der Waals surface area contributed by atoms with Crippen LogP contribution < -0.4 is 0 Å². The van der Waals surface area contributed by atoms with Crippen molar-refractivity contribution in [1.29, 1.82) is 0 Å². The summed E-state index contributed by atoms with van der Waals surface area (Å²) in [6.07, 6.45) is 8.86. The topological polar surface area (TPSA) is 0 Å². The molecule has 0 saturated heterocycles. The molecule has 0 aliphatic carbocycles. The minimum absolute atomic E-state index is 0. The predicted octanol–water partition coefficient (Wildman–Crippen LogP) is 7.72. The molecule has 0 nitrogen and oxygen atoms in total. The van der Waals surface area contributed by atoms with E-state index in [0.717, 1.165) is 17.6 Å². The van der Waals surface area contributed by atoms with E-state index in [2.05, 4.69) is 67.8 Å². The lowest BCUT2D eigenvalue weighted by Gasteiger charge is -2.09. The monoisotopic (exact) mass is 326 g/mol. The van der Waals surface area contributed by atoms with Crippen LogP contribution in [0.5, 0.6) is 0 Å². The summed E-state index contributed by atoms with van der Waals surface area (Å²) in [5.74, 6) is 0. The number of rotatable bonds is 5. The van der Waals surface area contributed by atoms with Gasteiger partial charge in [-0.1, -0.05) is 86.9 Å². The van der Waals surface area contributed by atoms with Crippen molar-refractivity contribution in [3.05, 3.63) is 103 Å². The van der Waals surface area contributed by atoms with Crippen LogP contribution in [0.2, 0.25) is 0 Å². The molecule has 0 aliphatic heterocycles. The second-order valence-electron chi connectivity index (χ2n) is 6.08. The molecule has 0 amide bonds. The van der Waals surface area contributed by atoms with Gasteiger partial charge in [-0.15, -0.1) is 0 Å². The largest absolute Gasteiger partial charge is 0.0955 e. The van der Waals surface area contributed by atoms with Crippen molar-refractivity contribution in [2.75, 3.05) is 0 Å². The molecule has 0 N–H and O–H groups in total. The van der Waals surface area contributed by atoms with E-state index in [-0.39, 0.29) is 7.43 Å². The highest BCUT2D eigenvalue weighted by Gasteiger charge is 2.03. The van der Waals surface area contributed by atoms with E-state index in [1.165, 1.54) is 27.1 Å². The summed E-state index contributed by atoms with van der Waals surface area (Å²) in [6, 6.07) is 19.5. The van der Waals surface area contributed by atoms with Gasteiger partial charge >= 0.3 is 0 Å². The number of hydrogen-bond donors (Lipinski definition) is 0. The van der Waals surface area contributed by atoms with Gasteiger partial charge in [0.15, 0.2) is 0 Å². The zero-order chi connectivity index (χ0) is 16.9. The average Bonchev–Trinajstić information content (AvgIpc) is 2.59. The SMILES string of the molecule is C.C=C(/C=C/C=C\C)CC(=C)c1ccc2cc3ccccc3cc2c1. The highest BCUT2D eigenvalue weighted by atomic mass is 14.1. The molecule has 0 spiro atoms. The molecule has 0 heterocycles. The molecular formula is C25H26. The summed E-state index contributed by atoms with van der Waals surface area (Å²) in [5, 5.41) is 5.06. The lowest BCUT2D eigenvalue weighted by atomic mass is 9.96. The Kier molecular flexibility index (Phi) is 6.14. The third-order valence-electron chi connectivity index (χ3n) is 4.19. The van der Waals surface area contributed by atoms with Crippen LogP contribution in [-0.2, 0) is 0 Å². The Labute approximate surface area is 151 Å². The normalized spacial score (nSPS) is 11.2. The van der Waals surface area contributed by atoms with Gasteiger partial charge in [0.2, 0.25) is 0 Å². The van der Waals surface area contributed by atoms with Gasteiger partial charge in [0, 0.05) is 0 Å². The molecule has 0 bridgehead atoms. The predicted molar refractivity (Wildman–Crippen MR) is 115 cm³/mol. The van der Waals surface area contributed by atoms with Gasteiger partial charge in [-0.2, -0.15) is 0 Å². The average molecular weight is 326 g/mol. The zero-order valence-electron chi connectivity index (χ0n) is 14.1. The van der Waals surface area contributed by atoms with Crippen LogP contribution in [0.1, 0.15) is 26.3 Å². The third-order valence-corrected chi connectivity index (χ3v) is 4.19. The summed E-state index contributed by atoms with van der Waals surface area (Å²) >= 11 is 0. The van der Waals surface area contributed by atoms with Crippen molar-refractivity contribution in [3.63, 3.8) is 0 Å². The van der Waals surface area contributed by atoms with Crippen molar-refractivity contribution in [2.45, 2.75) is 20.8 Å². The molecule has 0 unspecified atom stereocenters. The van der Waals surface area contributed by atoms with Crippen LogP contribution in [0.3, 0.4) is 0 Å². The molecule has 0 fully saturated rings. The van der Waals surface area contributed by atoms with E-state index in [4.69, 9.17) is 0 Å². The summed E-state index contributed by atoms with van der Waals surface area (Å²) in [7, 11) is 0. The Balaban J connectivity index is 0.00000225. The fourth-order valence-electron chi connectivity index (χ4n) is 2.90. The van der Waals surface area contributed by atoms with Crippen molar-refractivity contribution in [3.8, 4) is 0 Å². The number of allylic oxidation sites excluding steroid dienone is 6. The lowest BCUT2D eigenvalue weighted by Crippen LogP contribution is -1.86. The fraction of sp³-hybridized carbons (Fsp3) is 0.120. The van der Waals surface area contributed by atoms with Gasteiger partial charge in [0.25, 0.3) is 0 Å². The first kappa shape index (κ1) is 18.5. The van der Waals surface area contributed by atoms with Crippen LogP contribution in [0, 0.1) is 0 Å². The van der Waals surface area contributed by atoms with Gasteiger partial charge in [0.05, 0.1) is 0 Å². The van der Waals surface area contributed by atoms with E-state index in [1.54, 1.807) is 0 Å². The fourth-order valence-corrected chi connectivity index (χ4v) is 2.90. The molecule has 0 atom stereocenters. The number of fused-ring (bicyclic) bond motifs is 2. The van der Waals surface area contributed by atoms with Crippen LogP contribution in [0.15, 0.2) is 97.6 Å². The maximum Gasteiger partial charge on any atom is -0.00316 e. The molecule has 0 aliphatic rings. The van der Waals surface area contributed by atoms with Crippen LogP contribution >= 0.6 is 0 Å². The second kappa shape index (κ2) is 8.30. The van der Waals surface area contributed by atoms with Crippen LogP contribution in [0.25, 0.3) is 27.1 Å². The van der Waals surface area contributed by atoms with E-state index in [1.807, 2.05) is 31.2 Å². The standard InChI is InChI=1S/C24H22.CH4/c1-4-5-6-9-18(2)14-19(3)20-12-13-23-16-21-10-7-8-11-22(21)17-24(23)15-20;/h4-13,15-17H,2-3,14H2,1H3;1H4/b5-4-,9-6+;. The Hall–Kier alpha value is -2.86. The van der Waals surface area contributed by atoms with E-state index in [0.29, 0.717) is 0 Å². The van der Waals surface area contributed by atoms with E-state index < -0.39 is 0 Å². The molecule has 3 aromatic carbocycles. The maximum absolute atomic E-state index is 4.25. The van der Waals surface area contributed by atoms with Gasteiger partial charge in [0.1, 0.15) is 0 Å². The van der Waals surface area contributed by atoms with Gasteiger partial charge < -0.3 is 0 Å². The molecule has 3 aromatic rings. The Bertz CT molecular complexity index is 968. The van der Waals surface area contributed by atoms with Crippen molar-refractivity contribution < 1.29 is 0 Å². The molecule has 25 heavy (non-hydrogen) atoms. The Morgan fingerprint density at radius 1 is 0.840 bits per heavy atom. The van der Waals surface area contributed by atoms with Crippen LogP contribution in [0.4, 0.5) is 0 Å². The summed E-state index contributed by atoms with van der Waals surface area (Å²) in [5.41, 5.74) is 3.34. The first-order chi connectivity index (χ1) is 11.7.